The number of aromatic amines is 1. The molecule has 0 fully saturated rings. The summed E-state index contributed by atoms with van der Waals surface area (Å²) in [6.45, 7) is 0.311. The molecule has 0 atom stereocenters. The lowest BCUT2D eigenvalue weighted by Gasteiger charge is -2.19. The van der Waals surface area contributed by atoms with Gasteiger partial charge in [0.05, 0.1) is 31.8 Å². The second kappa shape index (κ2) is 11.5. The fourth-order valence-corrected chi connectivity index (χ4v) is 5.56. The minimum atomic E-state index is -3.64. The third-order valence-electron chi connectivity index (χ3n) is 5.99. The highest BCUT2D eigenvalue weighted by atomic mass is 31.2. The zero-order valence-corrected chi connectivity index (χ0v) is 21.6. The van der Waals surface area contributed by atoms with Gasteiger partial charge in [0.1, 0.15) is 5.39 Å². The monoisotopic (exact) mass is 527 g/mol. The van der Waals surface area contributed by atoms with E-state index in [0.29, 0.717) is 28.2 Å². The Bertz CT molecular complexity index is 1580. The SMILES string of the molecule is COc1nc(Cc2ccc(P(=O)(OCc3ccccc3)OCc3ccccc3)cc2)cc2cn[nH]c(=O)c12. The summed E-state index contributed by atoms with van der Waals surface area (Å²) in [5, 5.41) is 7.74. The van der Waals surface area contributed by atoms with Gasteiger partial charge in [-0.3, -0.25) is 9.36 Å². The molecule has 38 heavy (non-hydrogen) atoms. The molecule has 0 unspecified atom stereocenters. The van der Waals surface area contributed by atoms with Crippen molar-refractivity contribution in [3.8, 4) is 5.88 Å². The molecule has 5 rings (SSSR count). The highest BCUT2D eigenvalue weighted by Crippen LogP contribution is 2.48. The van der Waals surface area contributed by atoms with E-state index in [2.05, 4.69) is 15.2 Å². The van der Waals surface area contributed by atoms with E-state index in [4.69, 9.17) is 13.8 Å². The van der Waals surface area contributed by atoms with E-state index in [-0.39, 0.29) is 24.7 Å². The van der Waals surface area contributed by atoms with Gasteiger partial charge in [-0.15, -0.1) is 0 Å². The van der Waals surface area contributed by atoms with E-state index in [1.807, 2.05) is 78.9 Å². The first-order valence-corrected chi connectivity index (χ1v) is 13.6. The van der Waals surface area contributed by atoms with Crippen molar-refractivity contribution in [3.63, 3.8) is 0 Å². The van der Waals surface area contributed by atoms with Crippen LogP contribution in [0, 0.1) is 0 Å². The van der Waals surface area contributed by atoms with Crippen molar-refractivity contribution in [2.45, 2.75) is 19.6 Å². The molecule has 0 amide bonds. The summed E-state index contributed by atoms with van der Waals surface area (Å²) in [7, 11) is -2.16. The Morgan fingerprint density at radius 1 is 0.816 bits per heavy atom. The maximum absolute atomic E-state index is 14.0. The number of H-pyrrole nitrogens is 1. The fraction of sp³-hybridized carbons (Fsp3) is 0.138. The molecule has 192 valence electrons. The topological polar surface area (TPSA) is 103 Å². The number of hydrogen-bond donors (Lipinski definition) is 1. The number of benzene rings is 3. The Morgan fingerprint density at radius 3 is 2.00 bits per heavy atom. The molecule has 2 heterocycles. The zero-order valence-electron chi connectivity index (χ0n) is 20.7. The maximum Gasteiger partial charge on any atom is 0.361 e. The lowest BCUT2D eigenvalue weighted by molar-refractivity contribution is 0.200. The molecule has 8 nitrogen and oxygen atoms in total. The van der Waals surface area contributed by atoms with E-state index < -0.39 is 7.60 Å². The van der Waals surface area contributed by atoms with Gasteiger partial charge in [0.25, 0.3) is 5.56 Å². The normalized spacial score (nSPS) is 11.5. The molecular weight excluding hydrogens is 501 g/mol. The van der Waals surface area contributed by atoms with Crippen molar-refractivity contribution in [1.29, 1.82) is 0 Å². The van der Waals surface area contributed by atoms with Crippen LogP contribution in [0.15, 0.2) is 102 Å². The molecule has 0 aliphatic heterocycles. The molecule has 3 aromatic carbocycles. The minimum Gasteiger partial charge on any atom is -0.480 e. The first-order chi connectivity index (χ1) is 18.5. The van der Waals surface area contributed by atoms with Crippen LogP contribution in [0.2, 0.25) is 0 Å². The van der Waals surface area contributed by atoms with Crippen LogP contribution in [0.5, 0.6) is 5.88 Å². The summed E-state index contributed by atoms with van der Waals surface area (Å²) in [5.41, 5.74) is 3.08. The van der Waals surface area contributed by atoms with E-state index in [0.717, 1.165) is 16.7 Å². The number of nitrogens with one attached hydrogen (secondary N) is 1. The summed E-state index contributed by atoms with van der Waals surface area (Å²) in [5.74, 6) is 0.242. The van der Waals surface area contributed by atoms with Gasteiger partial charge >= 0.3 is 7.60 Å². The van der Waals surface area contributed by atoms with Crippen molar-refractivity contribution in [2.24, 2.45) is 0 Å². The van der Waals surface area contributed by atoms with Crippen LogP contribution >= 0.6 is 7.60 Å². The third-order valence-corrected chi connectivity index (χ3v) is 7.85. The molecule has 0 aliphatic rings. The average molecular weight is 528 g/mol. The van der Waals surface area contributed by atoms with Gasteiger partial charge in [-0.2, -0.15) is 5.10 Å². The van der Waals surface area contributed by atoms with E-state index in [1.165, 1.54) is 7.11 Å². The van der Waals surface area contributed by atoms with Crippen molar-refractivity contribution >= 4 is 23.7 Å². The number of aromatic nitrogens is 3. The second-order valence-electron chi connectivity index (χ2n) is 8.64. The van der Waals surface area contributed by atoms with Crippen molar-refractivity contribution in [2.75, 3.05) is 7.11 Å². The molecule has 9 heteroatoms. The lowest BCUT2D eigenvalue weighted by atomic mass is 10.1. The summed E-state index contributed by atoms with van der Waals surface area (Å²) in [4.78, 5) is 16.7. The molecule has 0 aliphatic carbocycles. The Labute approximate surface area is 219 Å². The largest absolute Gasteiger partial charge is 0.480 e. The standard InChI is InChI=1S/C29H26N3O5P/c1-35-29-27-24(18-30-32-28(27)33)17-25(31-29)16-21-12-14-26(15-13-21)38(34,36-19-22-8-4-2-5-9-22)37-20-23-10-6-3-7-11-23/h2-15,17-18H,16,19-20H2,1H3,(H,32,33). The van der Waals surface area contributed by atoms with Gasteiger partial charge in [0.2, 0.25) is 5.88 Å². The van der Waals surface area contributed by atoms with Crippen LogP contribution in [0.25, 0.3) is 10.8 Å². The van der Waals surface area contributed by atoms with Gasteiger partial charge in [0.15, 0.2) is 0 Å². The molecular formula is C29H26N3O5P. The molecule has 0 saturated carbocycles. The first-order valence-electron chi connectivity index (χ1n) is 12.0. The number of nitrogens with zero attached hydrogens (tertiary/aromatic N) is 2. The summed E-state index contributed by atoms with van der Waals surface area (Å²) in [6.07, 6.45) is 2.04. The highest BCUT2D eigenvalue weighted by Gasteiger charge is 2.28. The van der Waals surface area contributed by atoms with E-state index in [1.54, 1.807) is 18.3 Å². The van der Waals surface area contributed by atoms with Crippen molar-refractivity contribution in [3.05, 3.63) is 130 Å². The van der Waals surface area contributed by atoms with Crippen LogP contribution < -0.4 is 15.6 Å². The number of fused-ring (bicyclic) bond motifs is 1. The number of hydrogen-bond acceptors (Lipinski definition) is 7. The predicted octanol–water partition coefficient (Wildman–Crippen LogP) is 5.17. The van der Waals surface area contributed by atoms with Gasteiger partial charge in [-0.1, -0.05) is 72.8 Å². The molecule has 5 aromatic rings. The van der Waals surface area contributed by atoms with Crippen LogP contribution in [0.4, 0.5) is 0 Å². The van der Waals surface area contributed by atoms with Crippen LogP contribution in [-0.2, 0) is 33.2 Å². The zero-order chi connectivity index (χ0) is 26.4. The quantitative estimate of drug-likeness (QED) is 0.250. The molecule has 0 bridgehead atoms. The highest BCUT2D eigenvalue weighted by molar-refractivity contribution is 7.62. The van der Waals surface area contributed by atoms with Crippen LogP contribution in [0.1, 0.15) is 22.4 Å². The molecule has 0 saturated heterocycles. The summed E-state index contributed by atoms with van der Waals surface area (Å²) in [6, 6.07) is 28.2. The lowest BCUT2D eigenvalue weighted by Crippen LogP contribution is -2.12. The summed E-state index contributed by atoms with van der Waals surface area (Å²) >= 11 is 0. The number of pyridine rings is 1. The van der Waals surface area contributed by atoms with Crippen molar-refractivity contribution < 1.29 is 18.3 Å². The first kappa shape index (κ1) is 25.5. The van der Waals surface area contributed by atoms with E-state index in [9.17, 15) is 9.36 Å². The average Bonchev–Trinajstić information content (AvgIpc) is 2.96. The second-order valence-corrected chi connectivity index (χ2v) is 10.7. The Balaban J connectivity index is 1.38. The Morgan fingerprint density at radius 2 is 1.42 bits per heavy atom. The smallest absolute Gasteiger partial charge is 0.361 e. The maximum atomic E-state index is 14.0. The number of methoxy groups -OCH3 is 1. The van der Waals surface area contributed by atoms with Crippen LogP contribution in [-0.4, -0.2) is 22.3 Å². The number of rotatable bonds is 10. The Kier molecular flexibility index (Phi) is 7.75. The molecule has 2 aromatic heterocycles. The van der Waals surface area contributed by atoms with E-state index >= 15 is 0 Å². The van der Waals surface area contributed by atoms with Crippen LogP contribution in [0.3, 0.4) is 0 Å². The Hall–Kier alpha value is -4.10. The number of ether oxygens (including phenoxy) is 1. The fourth-order valence-electron chi connectivity index (χ4n) is 4.04. The van der Waals surface area contributed by atoms with Crippen molar-refractivity contribution in [1.82, 2.24) is 15.2 Å². The minimum absolute atomic E-state index is 0.155. The molecule has 0 radical (unpaired) electrons. The molecule has 1 N–H and O–H groups in total. The summed E-state index contributed by atoms with van der Waals surface area (Å²) < 4.78 is 31.2. The third kappa shape index (κ3) is 5.89. The predicted molar refractivity (Wildman–Crippen MR) is 146 cm³/mol. The van der Waals surface area contributed by atoms with Gasteiger partial charge in [-0.05, 0) is 34.9 Å². The molecule has 0 spiro atoms. The van der Waals surface area contributed by atoms with Gasteiger partial charge in [0, 0.05) is 17.5 Å². The van der Waals surface area contributed by atoms with Gasteiger partial charge < -0.3 is 13.8 Å². The van der Waals surface area contributed by atoms with Gasteiger partial charge in [-0.25, -0.2) is 10.1 Å².